The van der Waals surface area contributed by atoms with Gasteiger partial charge in [-0.15, -0.1) is 23.1 Å². The Morgan fingerprint density at radius 1 is 0.909 bits per heavy atom. The third kappa shape index (κ3) is 5.88. The Balaban J connectivity index is 1.58. The number of nitrogens with one attached hydrogen (secondary N) is 2. The van der Waals surface area contributed by atoms with Crippen LogP contribution in [0.5, 0.6) is 0 Å². The number of hydrogen-bond acceptors (Lipinski definition) is 5. The van der Waals surface area contributed by atoms with Crippen LogP contribution in [0, 0.1) is 6.92 Å². The molecule has 0 fully saturated rings. The number of aromatic nitrogens is 1. The van der Waals surface area contributed by atoms with E-state index < -0.39 is 5.25 Å². The third-order valence-corrected chi connectivity index (χ3v) is 6.96. The smallest absolute Gasteiger partial charge is 0.244 e. The highest BCUT2D eigenvalue weighted by molar-refractivity contribution is 8.00. The molecule has 0 aliphatic rings. The van der Waals surface area contributed by atoms with Crippen molar-refractivity contribution in [1.82, 2.24) is 4.98 Å². The molecule has 4 aromatic rings. The first-order chi connectivity index (χ1) is 16.0. The lowest BCUT2D eigenvalue weighted by molar-refractivity contribution is -0.116. The molecular weight excluding hydrogens is 450 g/mol. The molecule has 33 heavy (non-hydrogen) atoms. The van der Waals surface area contributed by atoms with Gasteiger partial charge in [0.2, 0.25) is 11.8 Å². The van der Waals surface area contributed by atoms with Gasteiger partial charge >= 0.3 is 0 Å². The fourth-order valence-electron chi connectivity index (χ4n) is 3.37. The molecule has 0 radical (unpaired) electrons. The molecule has 3 aromatic carbocycles. The summed E-state index contributed by atoms with van der Waals surface area (Å²) in [6, 6.07) is 27.1. The molecule has 2 amide bonds. The number of carbonyl (C=O) groups excluding carboxylic acids is 2. The monoisotopic (exact) mass is 473 g/mol. The molecular formula is C26H23N3O2S2. The zero-order valence-corrected chi connectivity index (χ0v) is 19.9. The summed E-state index contributed by atoms with van der Waals surface area (Å²) in [5.41, 5.74) is 3.49. The van der Waals surface area contributed by atoms with Crippen LogP contribution in [-0.2, 0) is 9.59 Å². The first-order valence-corrected chi connectivity index (χ1v) is 12.1. The molecule has 5 nitrogen and oxygen atoms in total. The van der Waals surface area contributed by atoms with Gasteiger partial charge < -0.3 is 10.6 Å². The molecule has 0 bridgehead atoms. The highest BCUT2D eigenvalue weighted by Crippen LogP contribution is 2.38. The number of benzene rings is 3. The Kier molecular flexibility index (Phi) is 7.22. The van der Waals surface area contributed by atoms with Gasteiger partial charge in [0.05, 0.1) is 5.69 Å². The molecule has 0 aliphatic heterocycles. The van der Waals surface area contributed by atoms with E-state index in [0.29, 0.717) is 10.8 Å². The van der Waals surface area contributed by atoms with E-state index in [-0.39, 0.29) is 11.8 Å². The van der Waals surface area contributed by atoms with E-state index in [9.17, 15) is 9.59 Å². The average molecular weight is 474 g/mol. The maximum Gasteiger partial charge on any atom is 0.244 e. The van der Waals surface area contributed by atoms with Crippen molar-refractivity contribution in [2.45, 2.75) is 24.0 Å². The van der Waals surface area contributed by atoms with E-state index in [1.807, 2.05) is 91.9 Å². The van der Waals surface area contributed by atoms with Crippen LogP contribution in [0.2, 0.25) is 0 Å². The second-order valence-corrected chi connectivity index (χ2v) is 9.78. The number of thiazole rings is 1. The van der Waals surface area contributed by atoms with Crippen molar-refractivity contribution in [2.24, 2.45) is 0 Å². The second-order valence-electron chi connectivity index (χ2n) is 7.40. The molecule has 2 N–H and O–H groups in total. The molecule has 0 spiro atoms. The van der Waals surface area contributed by atoms with E-state index in [4.69, 9.17) is 0 Å². The van der Waals surface area contributed by atoms with Crippen LogP contribution >= 0.6 is 23.1 Å². The summed E-state index contributed by atoms with van der Waals surface area (Å²) in [6.45, 7) is 3.48. The molecule has 4 rings (SSSR count). The lowest BCUT2D eigenvalue weighted by Gasteiger charge is -2.16. The molecule has 0 saturated carbocycles. The van der Waals surface area contributed by atoms with Gasteiger partial charge in [0.1, 0.15) is 5.25 Å². The van der Waals surface area contributed by atoms with Gasteiger partial charge in [-0.2, -0.15) is 0 Å². The first-order valence-electron chi connectivity index (χ1n) is 10.4. The predicted octanol–water partition coefficient (Wildman–Crippen LogP) is 6.55. The molecule has 1 atom stereocenters. The molecule has 7 heteroatoms. The number of anilines is 2. The molecule has 166 valence electrons. The fourth-order valence-corrected chi connectivity index (χ4v) is 5.29. The normalized spacial score (nSPS) is 11.6. The minimum absolute atomic E-state index is 0.136. The van der Waals surface area contributed by atoms with E-state index in [1.165, 1.54) is 30.0 Å². The van der Waals surface area contributed by atoms with Crippen LogP contribution in [0.4, 0.5) is 10.8 Å². The number of nitrogens with zero attached hydrogens (tertiary/aromatic N) is 1. The first kappa shape index (κ1) is 22.8. The van der Waals surface area contributed by atoms with E-state index in [0.717, 1.165) is 26.6 Å². The lowest BCUT2D eigenvalue weighted by Crippen LogP contribution is -2.19. The quantitative estimate of drug-likeness (QED) is 0.299. The Bertz CT molecular complexity index is 1260. The van der Waals surface area contributed by atoms with Crippen molar-refractivity contribution in [3.63, 3.8) is 0 Å². The number of hydrogen-bond donors (Lipinski definition) is 2. The summed E-state index contributed by atoms with van der Waals surface area (Å²) in [4.78, 5) is 31.4. The Morgan fingerprint density at radius 2 is 1.61 bits per heavy atom. The summed E-state index contributed by atoms with van der Waals surface area (Å²) < 4.78 is 0. The molecule has 1 unspecified atom stereocenters. The number of amides is 2. The summed E-state index contributed by atoms with van der Waals surface area (Å²) in [7, 11) is 0. The second kappa shape index (κ2) is 10.5. The van der Waals surface area contributed by atoms with Gasteiger partial charge in [-0.25, -0.2) is 4.98 Å². The Hall–Kier alpha value is -3.42. The standard InChI is InChI=1S/C26H23N3O2S2/c1-17-23(19-10-5-3-6-11-19)28-26(32-17)29-25(31)24(20-12-7-4-8-13-20)33-22-15-9-14-21(16-22)27-18(2)30/h3-16,24H,1-2H3,(H,27,30)(H,28,29,31). The van der Waals surface area contributed by atoms with Gasteiger partial charge in [0, 0.05) is 27.9 Å². The van der Waals surface area contributed by atoms with Crippen LogP contribution in [0.15, 0.2) is 89.8 Å². The van der Waals surface area contributed by atoms with Crippen LogP contribution in [0.25, 0.3) is 11.3 Å². The maximum atomic E-state index is 13.4. The number of rotatable bonds is 7. The van der Waals surface area contributed by atoms with Crippen molar-refractivity contribution in [3.8, 4) is 11.3 Å². The number of carbonyl (C=O) groups is 2. The van der Waals surface area contributed by atoms with Crippen molar-refractivity contribution >= 4 is 45.7 Å². The van der Waals surface area contributed by atoms with Crippen molar-refractivity contribution in [1.29, 1.82) is 0 Å². The fraction of sp³-hybridized carbons (Fsp3) is 0.115. The summed E-state index contributed by atoms with van der Waals surface area (Å²) in [5, 5.41) is 5.90. The van der Waals surface area contributed by atoms with Crippen molar-refractivity contribution in [2.75, 3.05) is 10.6 Å². The van der Waals surface area contributed by atoms with Crippen LogP contribution in [-0.4, -0.2) is 16.8 Å². The maximum absolute atomic E-state index is 13.4. The highest BCUT2D eigenvalue weighted by atomic mass is 32.2. The van der Waals surface area contributed by atoms with E-state index in [1.54, 1.807) is 0 Å². The minimum Gasteiger partial charge on any atom is -0.326 e. The van der Waals surface area contributed by atoms with Crippen LogP contribution < -0.4 is 10.6 Å². The molecule has 1 aromatic heterocycles. The highest BCUT2D eigenvalue weighted by Gasteiger charge is 2.24. The minimum atomic E-state index is -0.483. The summed E-state index contributed by atoms with van der Waals surface area (Å²) in [6.07, 6.45) is 0. The van der Waals surface area contributed by atoms with Crippen molar-refractivity contribution < 1.29 is 9.59 Å². The average Bonchev–Trinajstić information content (AvgIpc) is 3.18. The zero-order chi connectivity index (χ0) is 23.2. The summed E-state index contributed by atoms with van der Waals surface area (Å²) >= 11 is 2.90. The van der Waals surface area contributed by atoms with Gasteiger partial charge in [0.25, 0.3) is 0 Å². The Morgan fingerprint density at radius 3 is 2.30 bits per heavy atom. The van der Waals surface area contributed by atoms with Gasteiger partial charge in [-0.3, -0.25) is 9.59 Å². The molecule has 1 heterocycles. The van der Waals surface area contributed by atoms with E-state index in [2.05, 4.69) is 15.6 Å². The summed E-state index contributed by atoms with van der Waals surface area (Å²) in [5.74, 6) is -0.285. The number of thioether (sulfide) groups is 1. The van der Waals surface area contributed by atoms with Crippen LogP contribution in [0.1, 0.15) is 22.6 Å². The lowest BCUT2D eigenvalue weighted by atomic mass is 10.1. The number of aryl methyl sites for hydroxylation is 1. The predicted molar refractivity (Wildman–Crippen MR) is 137 cm³/mol. The van der Waals surface area contributed by atoms with Gasteiger partial charge in [0.15, 0.2) is 5.13 Å². The van der Waals surface area contributed by atoms with Crippen molar-refractivity contribution in [3.05, 3.63) is 95.4 Å². The third-order valence-electron chi connectivity index (χ3n) is 4.82. The van der Waals surface area contributed by atoms with Gasteiger partial charge in [-0.1, -0.05) is 66.7 Å². The SMILES string of the molecule is CC(=O)Nc1cccc(SC(C(=O)Nc2nc(-c3ccccc3)c(C)s2)c2ccccc2)c1. The molecule has 0 aliphatic carbocycles. The zero-order valence-electron chi connectivity index (χ0n) is 18.2. The van der Waals surface area contributed by atoms with E-state index >= 15 is 0 Å². The van der Waals surface area contributed by atoms with Gasteiger partial charge in [-0.05, 0) is 30.7 Å². The van der Waals surface area contributed by atoms with Crippen LogP contribution in [0.3, 0.4) is 0 Å². The molecule has 0 saturated heterocycles. The Labute approximate surface area is 201 Å². The topological polar surface area (TPSA) is 71.1 Å². The largest absolute Gasteiger partial charge is 0.326 e.